The van der Waals surface area contributed by atoms with Crippen LogP contribution in [-0.4, -0.2) is 31.2 Å². The Morgan fingerprint density at radius 2 is 2.35 bits per heavy atom. The first-order valence-corrected chi connectivity index (χ1v) is 7.57. The smallest absolute Gasteiger partial charge is 0.144 e. The number of hydrogen-bond acceptors (Lipinski definition) is 4. The number of anilines is 1. The summed E-state index contributed by atoms with van der Waals surface area (Å²) in [6.45, 7) is 2.00. The van der Waals surface area contributed by atoms with Crippen LogP contribution in [0.15, 0.2) is 18.6 Å². The number of rotatable bonds is 4. The third kappa shape index (κ3) is 3.49. The molecule has 0 spiro atoms. The van der Waals surface area contributed by atoms with Gasteiger partial charge >= 0.3 is 0 Å². The normalized spacial score (nSPS) is 26.4. The molecule has 4 nitrogen and oxygen atoms in total. The maximum absolute atomic E-state index is 11.8. The van der Waals surface area contributed by atoms with Crippen molar-refractivity contribution in [3.05, 3.63) is 18.6 Å². The lowest BCUT2D eigenvalue weighted by Gasteiger charge is -2.29. The molecular formula is C12H19N3OS. The van der Waals surface area contributed by atoms with Gasteiger partial charge in [-0.2, -0.15) is 0 Å². The van der Waals surface area contributed by atoms with E-state index in [0.717, 1.165) is 37.3 Å². The molecule has 94 valence electrons. The minimum absolute atomic E-state index is 0.350. The van der Waals surface area contributed by atoms with E-state index in [9.17, 15) is 4.21 Å². The Morgan fingerprint density at radius 3 is 3.06 bits per heavy atom. The fraction of sp³-hybridized carbons (Fsp3) is 0.667. The van der Waals surface area contributed by atoms with Crippen LogP contribution in [0, 0.1) is 0 Å². The summed E-state index contributed by atoms with van der Waals surface area (Å²) in [5.41, 5.74) is 0. The van der Waals surface area contributed by atoms with E-state index in [2.05, 4.69) is 15.3 Å². The average molecular weight is 253 g/mol. The van der Waals surface area contributed by atoms with Crippen molar-refractivity contribution in [2.45, 2.75) is 43.9 Å². The van der Waals surface area contributed by atoms with Gasteiger partial charge in [0.05, 0.1) is 6.20 Å². The third-order valence-electron chi connectivity index (χ3n) is 3.20. The molecule has 1 fully saturated rings. The summed E-state index contributed by atoms with van der Waals surface area (Å²) in [5.74, 6) is 1.59. The van der Waals surface area contributed by atoms with Crippen molar-refractivity contribution < 1.29 is 4.21 Å². The highest BCUT2D eigenvalue weighted by molar-refractivity contribution is 7.85. The molecule has 1 saturated carbocycles. The van der Waals surface area contributed by atoms with Crippen molar-refractivity contribution in [1.82, 2.24) is 9.97 Å². The largest absolute Gasteiger partial charge is 0.366 e. The van der Waals surface area contributed by atoms with Gasteiger partial charge < -0.3 is 5.32 Å². The zero-order valence-electron chi connectivity index (χ0n) is 10.1. The summed E-state index contributed by atoms with van der Waals surface area (Å²) in [7, 11) is -0.668. The highest BCUT2D eigenvalue weighted by Crippen LogP contribution is 2.24. The number of nitrogens with zero attached hydrogens (tertiary/aromatic N) is 2. The quantitative estimate of drug-likeness (QED) is 0.891. The molecule has 0 saturated heterocycles. The lowest BCUT2D eigenvalue weighted by Crippen LogP contribution is -2.33. The Kier molecular flexibility index (Phi) is 4.48. The van der Waals surface area contributed by atoms with Gasteiger partial charge in [-0.1, -0.05) is 13.3 Å². The minimum Gasteiger partial charge on any atom is -0.366 e. The lowest BCUT2D eigenvalue weighted by atomic mass is 9.95. The van der Waals surface area contributed by atoms with Crippen LogP contribution in [0.25, 0.3) is 0 Å². The van der Waals surface area contributed by atoms with E-state index in [1.165, 1.54) is 0 Å². The molecule has 0 aromatic carbocycles. The lowest BCUT2D eigenvalue weighted by molar-refractivity contribution is 0.464. The van der Waals surface area contributed by atoms with Gasteiger partial charge in [0.1, 0.15) is 5.82 Å². The standard InChI is InChI=1S/C12H19N3OS/c1-2-17(16)11-5-3-4-10(8-11)15-12-9-13-6-7-14-12/h6-7,9-11H,2-5,8H2,1H3,(H,14,15). The summed E-state index contributed by atoms with van der Waals surface area (Å²) >= 11 is 0. The molecule has 1 heterocycles. The third-order valence-corrected chi connectivity index (χ3v) is 4.94. The van der Waals surface area contributed by atoms with Gasteiger partial charge in [0.25, 0.3) is 0 Å². The van der Waals surface area contributed by atoms with Crippen LogP contribution in [0.5, 0.6) is 0 Å². The highest BCUT2D eigenvalue weighted by Gasteiger charge is 2.25. The van der Waals surface area contributed by atoms with Gasteiger partial charge in [-0.25, -0.2) is 4.98 Å². The van der Waals surface area contributed by atoms with Gasteiger partial charge in [0.15, 0.2) is 0 Å². The zero-order valence-corrected chi connectivity index (χ0v) is 10.9. The molecule has 3 atom stereocenters. The minimum atomic E-state index is -0.668. The molecule has 2 rings (SSSR count). The Hall–Kier alpha value is -0.970. The molecule has 1 aliphatic carbocycles. The Morgan fingerprint density at radius 1 is 1.47 bits per heavy atom. The first-order chi connectivity index (χ1) is 8.29. The van der Waals surface area contributed by atoms with Gasteiger partial charge in [0.2, 0.25) is 0 Å². The Balaban J connectivity index is 1.92. The molecule has 1 N–H and O–H groups in total. The molecule has 0 amide bonds. The van der Waals surface area contributed by atoms with E-state index in [-0.39, 0.29) is 0 Å². The Bertz CT molecular complexity index is 371. The van der Waals surface area contributed by atoms with E-state index in [4.69, 9.17) is 0 Å². The van der Waals surface area contributed by atoms with Gasteiger partial charge in [-0.15, -0.1) is 0 Å². The molecule has 3 unspecified atom stereocenters. The topological polar surface area (TPSA) is 54.9 Å². The van der Waals surface area contributed by atoms with Crippen molar-refractivity contribution in [3.8, 4) is 0 Å². The van der Waals surface area contributed by atoms with Crippen molar-refractivity contribution in [2.24, 2.45) is 0 Å². The second kappa shape index (κ2) is 6.10. The van der Waals surface area contributed by atoms with Gasteiger partial charge in [0, 0.05) is 40.2 Å². The van der Waals surface area contributed by atoms with Crippen LogP contribution in [0.1, 0.15) is 32.6 Å². The van der Waals surface area contributed by atoms with E-state index in [1.54, 1.807) is 18.6 Å². The molecule has 1 aromatic heterocycles. The second-order valence-corrected chi connectivity index (χ2v) is 6.40. The highest BCUT2D eigenvalue weighted by atomic mass is 32.2. The van der Waals surface area contributed by atoms with Crippen LogP contribution in [-0.2, 0) is 10.8 Å². The summed E-state index contributed by atoms with van der Waals surface area (Å²) in [6, 6.07) is 0.390. The van der Waals surface area contributed by atoms with E-state index in [1.807, 2.05) is 6.92 Å². The maximum atomic E-state index is 11.8. The first kappa shape index (κ1) is 12.5. The Labute approximate surface area is 105 Å². The molecule has 1 aliphatic rings. The van der Waals surface area contributed by atoms with Crippen molar-refractivity contribution in [2.75, 3.05) is 11.1 Å². The summed E-state index contributed by atoms with van der Waals surface area (Å²) in [5, 5.41) is 3.73. The van der Waals surface area contributed by atoms with Crippen molar-refractivity contribution >= 4 is 16.6 Å². The molecule has 0 radical (unpaired) electrons. The molecule has 0 aliphatic heterocycles. The zero-order chi connectivity index (χ0) is 12.1. The fourth-order valence-electron chi connectivity index (χ4n) is 2.33. The van der Waals surface area contributed by atoms with Crippen LogP contribution in [0.4, 0.5) is 5.82 Å². The van der Waals surface area contributed by atoms with E-state index < -0.39 is 10.8 Å². The average Bonchev–Trinajstić information content (AvgIpc) is 2.39. The fourth-order valence-corrected chi connectivity index (χ4v) is 3.68. The number of nitrogens with one attached hydrogen (secondary N) is 1. The predicted octanol–water partition coefficient (Wildman–Crippen LogP) is 1.97. The molecule has 0 bridgehead atoms. The summed E-state index contributed by atoms with van der Waals surface area (Å²) in [6.07, 6.45) is 9.45. The molecule has 1 aromatic rings. The SMILES string of the molecule is CCS(=O)C1CCCC(Nc2cnccn2)C1. The van der Waals surface area contributed by atoms with Crippen molar-refractivity contribution in [1.29, 1.82) is 0 Å². The van der Waals surface area contributed by atoms with E-state index >= 15 is 0 Å². The number of aromatic nitrogens is 2. The monoisotopic (exact) mass is 253 g/mol. The summed E-state index contributed by atoms with van der Waals surface area (Å²) in [4.78, 5) is 8.25. The summed E-state index contributed by atoms with van der Waals surface area (Å²) < 4.78 is 11.8. The van der Waals surface area contributed by atoms with Gasteiger partial charge in [-0.05, 0) is 19.3 Å². The van der Waals surface area contributed by atoms with Crippen LogP contribution < -0.4 is 5.32 Å². The van der Waals surface area contributed by atoms with Gasteiger partial charge in [-0.3, -0.25) is 9.19 Å². The second-order valence-electron chi connectivity index (χ2n) is 4.39. The van der Waals surface area contributed by atoms with Crippen LogP contribution in [0.3, 0.4) is 0 Å². The van der Waals surface area contributed by atoms with E-state index in [0.29, 0.717) is 11.3 Å². The molecule has 5 heteroatoms. The van der Waals surface area contributed by atoms with Crippen molar-refractivity contribution in [3.63, 3.8) is 0 Å². The van der Waals surface area contributed by atoms with Crippen LogP contribution >= 0.6 is 0 Å². The molecule has 17 heavy (non-hydrogen) atoms. The molecular weight excluding hydrogens is 234 g/mol. The number of hydrogen-bond donors (Lipinski definition) is 1. The van der Waals surface area contributed by atoms with Crippen LogP contribution in [0.2, 0.25) is 0 Å². The predicted molar refractivity (Wildman–Crippen MR) is 70.4 cm³/mol. The maximum Gasteiger partial charge on any atom is 0.144 e. The first-order valence-electron chi connectivity index (χ1n) is 6.19.